The summed E-state index contributed by atoms with van der Waals surface area (Å²) >= 11 is 0. The first-order valence-electron chi connectivity index (χ1n) is 4.61. The molecule has 0 aliphatic rings. The summed E-state index contributed by atoms with van der Waals surface area (Å²) in [5, 5.41) is 2.73. The quantitative estimate of drug-likeness (QED) is 0.727. The van der Waals surface area contributed by atoms with E-state index in [1.165, 1.54) is 6.07 Å². The van der Waals surface area contributed by atoms with E-state index in [0.717, 1.165) is 6.54 Å². The van der Waals surface area contributed by atoms with Gasteiger partial charge in [0.15, 0.2) is 0 Å². The van der Waals surface area contributed by atoms with Crippen LogP contribution in [0.3, 0.4) is 0 Å². The van der Waals surface area contributed by atoms with Gasteiger partial charge in [0.25, 0.3) is 0 Å². The van der Waals surface area contributed by atoms with Crippen molar-refractivity contribution in [2.24, 2.45) is 0 Å². The number of anilines is 1. The first-order valence-corrected chi connectivity index (χ1v) is 4.61. The maximum absolute atomic E-state index is 12.9. The van der Waals surface area contributed by atoms with E-state index in [1.807, 2.05) is 19.0 Å². The minimum absolute atomic E-state index is 0.0567. The molecule has 0 saturated heterocycles. The maximum atomic E-state index is 12.9. The van der Waals surface area contributed by atoms with Crippen LogP contribution in [0.4, 0.5) is 10.2 Å². The minimum atomic E-state index is -0.603. The van der Waals surface area contributed by atoms with Crippen LogP contribution in [-0.4, -0.2) is 49.2 Å². The normalized spacial score (nSPS) is 10.5. The van der Waals surface area contributed by atoms with E-state index >= 15 is 0 Å². The molecule has 0 atom stereocenters. The third-order valence-electron chi connectivity index (χ3n) is 1.70. The molecule has 5 nitrogen and oxygen atoms in total. The average molecular weight is 214 g/mol. The molecule has 0 saturated carbocycles. The highest BCUT2D eigenvalue weighted by atomic mass is 19.1. The molecule has 1 aromatic heterocycles. The lowest BCUT2D eigenvalue weighted by Gasteiger charge is -2.10. The molecule has 84 valence electrons. The van der Waals surface area contributed by atoms with Crippen molar-refractivity contribution in [2.75, 3.05) is 39.6 Å². The number of hydrogen-bond acceptors (Lipinski definition) is 5. The van der Waals surface area contributed by atoms with Gasteiger partial charge in [-0.2, -0.15) is 14.4 Å². The number of hydrogen-bond donors (Lipinski definition) is 1. The van der Waals surface area contributed by atoms with Gasteiger partial charge < -0.3 is 15.0 Å². The van der Waals surface area contributed by atoms with Crippen molar-refractivity contribution in [3.63, 3.8) is 0 Å². The van der Waals surface area contributed by atoms with Crippen LogP contribution in [0.15, 0.2) is 6.07 Å². The molecule has 0 aromatic carbocycles. The molecule has 1 rings (SSSR count). The zero-order chi connectivity index (χ0) is 11.3. The van der Waals surface area contributed by atoms with E-state index in [2.05, 4.69) is 15.3 Å². The molecule has 6 heteroatoms. The molecule has 1 aromatic rings. The predicted octanol–water partition coefficient (Wildman–Crippen LogP) is 0.598. The van der Waals surface area contributed by atoms with Gasteiger partial charge in [0.05, 0.1) is 0 Å². The van der Waals surface area contributed by atoms with E-state index in [1.54, 1.807) is 7.05 Å². The first-order chi connectivity index (χ1) is 7.11. The largest absolute Gasteiger partial charge is 0.462 e. The third-order valence-corrected chi connectivity index (χ3v) is 1.70. The van der Waals surface area contributed by atoms with Crippen molar-refractivity contribution < 1.29 is 9.13 Å². The highest BCUT2D eigenvalue weighted by molar-refractivity contribution is 5.33. The summed E-state index contributed by atoms with van der Waals surface area (Å²) in [6.07, 6.45) is 0. The molecule has 0 fully saturated rings. The Morgan fingerprint density at radius 1 is 1.47 bits per heavy atom. The van der Waals surface area contributed by atoms with E-state index in [-0.39, 0.29) is 6.01 Å². The van der Waals surface area contributed by atoms with Gasteiger partial charge in [-0.15, -0.1) is 0 Å². The smallest absolute Gasteiger partial charge is 0.321 e. The van der Waals surface area contributed by atoms with Crippen LogP contribution in [0.2, 0.25) is 0 Å². The Morgan fingerprint density at radius 2 is 2.20 bits per heavy atom. The van der Waals surface area contributed by atoms with Crippen molar-refractivity contribution in [3.8, 4) is 6.01 Å². The van der Waals surface area contributed by atoms with E-state index in [4.69, 9.17) is 4.74 Å². The van der Waals surface area contributed by atoms with Crippen LogP contribution in [0.1, 0.15) is 0 Å². The van der Waals surface area contributed by atoms with Gasteiger partial charge in [0, 0.05) is 19.7 Å². The lowest BCUT2D eigenvalue weighted by atomic mass is 10.6. The van der Waals surface area contributed by atoms with Crippen LogP contribution < -0.4 is 10.1 Å². The molecule has 0 bridgehead atoms. The summed E-state index contributed by atoms with van der Waals surface area (Å²) in [4.78, 5) is 9.42. The summed E-state index contributed by atoms with van der Waals surface area (Å²) in [6, 6.07) is 1.26. The Kier molecular flexibility index (Phi) is 4.23. The van der Waals surface area contributed by atoms with Crippen molar-refractivity contribution in [1.29, 1.82) is 0 Å². The number of rotatable bonds is 5. The Morgan fingerprint density at radius 3 is 2.80 bits per heavy atom. The molecule has 0 unspecified atom stereocenters. The molecule has 0 aliphatic carbocycles. The molecule has 0 radical (unpaired) electrons. The lowest BCUT2D eigenvalue weighted by molar-refractivity contribution is 0.243. The number of nitrogens with one attached hydrogen (secondary N) is 1. The van der Waals surface area contributed by atoms with E-state index in [0.29, 0.717) is 12.4 Å². The average Bonchev–Trinajstić information content (AvgIpc) is 2.16. The molecule has 1 N–H and O–H groups in total. The van der Waals surface area contributed by atoms with Gasteiger partial charge >= 0.3 is 6.01 Å². The molecule has 0 aliphatic heterocycles. The van der Waals surface area contributed by atoms with Crippen molar-refractivity contribution in [3.05, 3.63) is 12.0 Å². The number of aromatic nitrogens is 2. The lowest BCUT2D eigenvalue weighted by Crippen LogP contribution is -2.20. The molecule has 0 spiro atoms. The van der Waals surface area contributed by atoms with E-state index < -0.39 is 5.95 Å². The second-order valence-electron chi connectivity index (χ2n) is 3.26. The van der Waals surface area contributed by atoms with Crippen LogP contribution in [0.5, 0.6) is 6.01 Å². The molecule has 0 amide bonds. The number of likely N-dealkylation sites (N-methyl/N-ethyl adjacent to an activating group) is 1. The fourth-order valence-corrected chi connectivity index (χ4v) is 0.909. The summed E-state index contributed by atoms with van der Waals surface area (Å²) in [5.74, 6) is -0.198. The topological polar surface area (TPSA) is 50.3 Å². The van der Waals surface area contributed by atoms with Gasteiger partial charge in [0.1, 0.15) is 12.4 Å². The van der Waals surface area contributed by atoms with Crippen molar-refractivity contribution in [1.82, 2.24) is 14.9 Å². The van der Waals surface area contributed by atoms with E-state index in [9.17, 15) is 4.39 Å². The zero-order valence-electron chi connectivity index (χ0n) is 9.12. The number of nitrogens with zero attached hydrogens (tertiary/aromatic N) is 3. The predicted molar refractivity (Wildman–Crippen MR) is 55.6 cm³/mol. The molecule has 1 heterocycles. The highest BCUT2D eigenvalue weighted by Gasteiger charge is 2.04. The van der Waals surface area contributed by atoms with Gasteiger partial charge in [-0.25, -0.2) is 0 Å². The number of ether oxygens (including phenoxy) is 1. The standard InChI is InChI=1S/C9H15FN4O/c1-11-8-6-7(10)12-9(13-8)15-5-4-14(2)3/h6H,4-5H2,1-3H3,(H,11,12,13). The highest BCUT2D eigenvalue weighted by Crippen LogP contribution is 2.09. The SMILES string of the molecule is CNc1cc(F)nc(OCCN(C)C)n1. The summed E-state index contributed by atoms with van der Waals surface area (Å²) in [6.45, 7) is 1.16. The monoisotopic (exact) mass is 214 g/mol. The molecular formula is C9H15FN4O. The summed E-state index contributed by atoms with van der Waals surface area (Å²) < 4.78 is 18.1. The fourth-order valence-electron chi connectivity index (χ4n) is 0.909. The Hall–Kier alpha value is -1.43. The Labute approximate surface area is 88.3 Å². The van der Waals surface area contributed by atoms with Crippen LogP contribution in [-0.2, 0) is 0 Å². The molecule has 15 heavy (non-hydrogen) atoms. The van der Waals surface area contributed by atoms with Crippen molar-refractivity contribution >= 4 is 5.82 Å². The van der Waals surface area contributed by atoms with Gasteiger partial charge in [0.2, 0.25) is 5.95 Å². The summed E-state index contributed by atoms with van der Waals surface area (Å²) in [7, 11) is 5.51. The summed E-state index contributed by atoms with van der Waals surface area (Å²) in [5.41, 5.74) is 0. The Balaban J connectivity index is 2.56. The van der Waals surface area contributed by atoms with Crippen LogP contribution in [0.25, 0.3) is 0 Å². The zero-order valence-corrected chi connectivity index (χ0v) is 9.12. The fraction of sp³-hybridized carbons (Fsp3) is 0.556. The number of halogens is 1. The minimum Gasteiger partial charge on any atom is -0.462 e. The third kappa shape index (κ3) is 4.07. The maximum Gasteiger partial charge on any atom is 0.321 e. The second kappa shape index (κ2) is 5.45. The molecular weight excluding hydrogens is 199 g/mol. The second-order valence-corrected chi connectivity index (χ2v) is 3.26. The van der Waals surface area contributed by atoms with Gasteiger partial charge in [-0.1, -0.05) is 0 Å². The van der Waals surface area contributed by atoms with Gasteiger partial charge in [-0.3, -0.25) is 0 Å². The first kappa shape index (κ1) is 11.6. The Bertz CT molecular complexity index is 319. The van der Waals surface area contributed by atoms with Crippen molar-refractivity contribution in [2.45, 2.75) is 0 Å². The van der Waals surface area contributed by atoms with Crippen LogP contribution in [0, 0.1) is 5.95 Å². The van der Waals surface area contributed by atoms with Gasteiger partial charge in [-0.05, 0) is 14.1 Å². The van der Waals surface area contributed by atoms with Crippen LogP contribution >= 0.6 is 0 Å².